The number of carbonyl (C=O) groups is 1. The normalized spacial score (nSPS) is 28.7. The van der Waals surface area contributed by atoms with E-state index in [2.05, 4.69) is 35.9 Å². The Hall–Kier alpha value is -2.10. The first-order valence-corrected chi connectivity index (χ1v) is 13.6. The first-order valence-electron chi connectivity index (χ1n) is 12.8. The van der Waals surface area contributed by atoms with Crippen LogP contribution in [-0.4, -0.2) is 29.3 Å². The maximum absolute atomic E-state index is 13.5. The van der Waals surface area contributed by atoms with Gasteiger partial charge in [0.1, 0.15) is 0 Å². The number of hydrogen-bond acceptors (Lipinski definition) is 4. The van der Waals surface area contributed by atoms with Crippen LogP contribution in [0.25, 0.3) is 0 Å². The highest BCUT2D eigenvalue weighted by molar-refractivity contribution is 9.10. The van der Waals surface area contributed by atoms with Gasteiger partial charge in [-0.05, 0) is 99.2 Å². The van der Waals surface area contributed by atoms with Gasteiger partial charge in [0.15, 0.2) is 5.82 Å². The van der Waals surface area contributed by atoms with Gasteiger partial charge in [0.25, 0.3) is 0 Å². The topological polar surface area (TPSA) is 71.3 Å². The first-order chi connectivity index (χ1) is 17.1. The van der Waals surface area contributed by atoms with Gasteiger partial charge in [-0.25, -0.2) is 4.79 Å². The molecule has 2 amide bonds. The number of alkyl halides is 3. The molecule has 1 aromatic carbocycles. The van der Waals surface area contributed by atoms with Crippen molar-refractivity contribution in [2.45, 2.75) is 75.8 Å². The van der Waals surface area contributed by atoms with Gasteiger partial charge >= 0.3 is 18.1 Å². The molecule has 0 aliphatic heterocycles. The Kier molecular flexibility index (Phi) is 5.70. The Labute approximate surface area is 216 Å². The molecule has 1 aromatic heterocycles. The molecule has 1 spiro atoms. The smallest absolute Gasteiger partial charge is 0.337 e. The first kappa shape index (κ1) is 24.2. The number of halogens is 4. The van der Waals surface area contributed by atoms with Crippen LogP contribution in [-0.2, 0) is 11.6 Å². The summed E-state index contributed by atoms with van der Waals surface area (Å²) in [6.45, 7) is 1.29. The monoisotopic (exact) mass is 566 g/mol. The maximum atomic E-state index is 13.5. The largest absolute Gasteiger partial charge is 0.471 e. The third-order valence-electron chi connectivity index (χ3n) is 9.35. The van der Waals surface area contributed by atoms with Gasteiger partial charge in [-0.3, -0.25) is 4.90 Å². The number of rotatable bonds is 6. The van der Waals surface area contributed by atoms with Crippen LogP contribution < -0.4 is 10.2 Å². The van der Waals surface area contributed by atoms with Crippen LogP contribution >= 0.6 is 15.9 Å². The number of anilines is 1. The van der Waals surface area contributed by atoms with Gasteiger partial charge in [0, 0.05) is 28.7 Å². The molecule has 5 fully saturated rings. The molecule has 194 valence electrons. The fraction of sp³-hybridized carbons (Fsp3) is 0.654. The third kappa shape index (κ3) is 4.43. The zero-order valence-electron chi connectivity index (χ0n) is 20.0. The van der Waals surface area contributed by atoms with Crippen molar-refractivity contribution in [3.8, 4) is 0 Å². The molecule has 0 saturated heterocycles. The quantitative estimate of drug-likeness (QED) is 0.415. The second-order valence-electron chi connectivity index (χ2n) is 11.7. The number of nitrogens with zero attached hydrogens (tertiary/aromatic N) is 3. The minimum absolute atomic E-state index is 0.0744. The van der Waals surface area contributed by atoms with Crippen LogP contribution in [0, 0.1) is 16.7 Å². The zero-order chi connectivity index (χ0) is 25.2. The van der Waals surface area contributed by atoms with Crippen molar-refractivity contribution in [3.63, 3.8) is 0 Å². The molecule has 7 rings (SSSR count). The van der Waals surface area contributed by atoms with Crippen molar-refractivity contribution in [2.75, 3.05) is 18.0 Å². The summed E-state index contributed by atoms with van der Waals surface area (Å²) in [6, 6.07) is 7.72. The molecule has 2 aromatic rings. The van der Waals surface area contributed by atoms with E-state index < -0.39 is 17.5 Å². The van der Waals surface area contributed by atoms with Gasteiger partial charge in [-0.15, -0.1) is 0 Å². The van der Waals surface area contributed by atoms with Crippen LogP contribution in [0.2, 0.25) is 0 Å². The van der Waals surface area contributed by atoms with Crippen molar-refractivity contribution in [1.82, 2.24) is 15.5 Å². The van der Waals surface area contributed by atoms with E-state index in [1.807, 2.05) is 29.2 Å². The molecule has 1 N–H and O–H groups in total. The summed E-state index contributed by atoms with van der Waals surface area (Å²) in [5.41, 5.74) is 0.904. The second kappa shape index (κ2) is 8.46. The molecule has 0 unspecified atom stereocenters. The molecule has 0 radical (unpaired) electrons. The molecular weight excluding hydrogens is 537 g/mol. The Morgan fingerprint density at radius 1 is 1.11 bits per heavy atom. The summed E-state index contributed by atoms with van der Waals surface area (Å²) in [6.07, 6.45) is 5.02. The predicted octanol–water partition coefficient (Wildman–Crippen LogP) is 6.85. The fourth-order valence-electron chi connectivity index (χ4n) is 6.87. The number of urea groups is 1. The highest BCUT2D eigenvalue weighted by Crippen LogP contribution is 2.63. The molecule has 5 aliphatic rings. The summed E-state index contributed by atoms with van der Waals surface area (Å²) in [7, 11) is 0. The molecule has 2 bridgehead atoms. The van der Waals surface area contributed by atoms with E-state index in [4.69, 9.17) is 0 Å². The van der Waals surface area contributed by atoms with E-state index in [9.17, 15) is 18.0 Å². The minimum atomic E-state index is -4.63. The Morgan fingerprint density at radius 2 is 1.81 bits per heavy atom. The average Bonchev–Trinajstić information content (AvgIpc) is 3.46. The van der Waals surface area contributed by atoms with Crippen molar-refractivity contribution >= 4 is 27.6 Å². The molecule has 0 atom stereocenters. The lowest BCUT2D eigenvalue weighted by atomic mass is 9.53. The third-order valence-corrected chi connectivity index (χ3v) is 9.84. The number of amides is 2. The fourth-order valence-corrected chi connectivity index (χ4v) is 7.26. The van der Waals surface area contributed by atoms with Crippen molar-refractivity contribution in [3.05, 3.63) is 40.5 Å². The summed E-state index contributed by atoms with van der Waals surface area (Å²) < 4.78 is 44.5. The van der Waals surface area contributed by atoms with Gasteiger partial charge < -0.3 is 9.84 Å². The minimum Gasteiger partial charge on any atom is -0.337 e. The van der Waals surface area contributed by atoms with Crippen LogP contribution in [0.15, 0.2) is 33.3 Å². The number of hydrogen-bond donors (Lipinski definition) is 1. The lowest BCUT2D eigenvalue weighted by molar-refractivity contribution is -0.159. The highest BCUT2D eigenvalue weighted by Gasteiger charge is 2.54. The van der Waals surface area contributed by atoms with E-state index in [1.165, 1.54) is 25.7 Å². The lowest BCUT2D eigenvalue weighted by Gasteiger charge is -2.53. The van der Waals surface area contributed by atoms with E-state index in [1.54, 1.807) is 0 Å². The lowest BCUT2D eigenvalue weighted by Crippen LogP contribution is -2.53. The molecule has 5 aliphatic carbocycles. The van der Waals surface area contributed by atoms with Crippen LogP contribution in [0.5, 0.6) is 0 Å². The maximum Gasteiger partial charge on any atom is 0.471 e. The molecule has 1 heterocycles. The summed E-state index contributed by atoms with van der Waals surface area (Å²) in [5, 5.41) is 6.92. The van der Waals surface area contributed by atoms with Crippen molar-refractivity contribution in [2.24, 2.45) is 16.7 Å². The van der Waals surface area contributed by atoms with Gasteiger partial charge in [-0.2, -0.15) is 18.2 Å². The molecular formula is C26H30BrF3N4O2. The summed E-state index contributed by atoms with van der Waals surface area (Å²) >= 11 is 3.53. The van der Waals surface area contributed by atoms with E-state index in [0.717, 1.165) is 29.4 Å². The number of carbonyl (C=O) groups excluding carboxylic acids is 1. The number of nitrogens with one attached hydrogen (secondary N) is 1. The Morgan fingerprint density at radius 3 is 2.39 bits per heavy atom. The van der Waals surface area contributed by atoms with E-state index in [0.29, 0.717) is 43.7 Å². The molecule has 10 heteroatoms. The number of aromatic nitrogens is 2. The summed E-state index contributed by atoms with van der Waals surface area (Å²) in [4.78, 5) is 19.1. The Bertz CT molecular complexity index is 1130. The van der Waals surface area contributed by atoms with Crippen LogP contribution in [0.3, 0.4) is 0 Å². The zero-order valence-corrected chi connectivity index (χ0v) is 21.6. The van der Waals surface area contributed by atoms with Crippen molar-refractivity contribution in [1.29, 1.82) is 0 Å². The predicted molar refractivity (Wildman–Crippen MR) is 130 cm³/mol. The Balaban J connectivity index is 1.15. The average molecular weight is 567 g/mol. The van der Waals surface area contributed by atoms with Crippen LogP contribution in [0.1, 0.15) is 75.9 Å². The number of benzene rings is 1. The molecule has 36 heavy (non-hydrogen) atoms. The second-order valence-corrected chi connectivity index (χ2v) is 12.6. The van der Waals surface area contributed by atoms with Gasteiger partial charge in [-0.1, -0.05) is 27.2 Å². The highest BCUT2D eigenvalue weighted by atomic mass is 79.9. The SMILES string of the molecule is O=C(NCC1CC2(CC2)C1)N(CC12CCC(c3noc(C(F)(F)F)n3)(CC1)CC2)c1cccc(Br)c1. The summed E-state index contributed by atoms with van der Waals surface area (Å²) in [5.74, 6) is -0.523. The van der Waals surface area contributed by atoms with Gasteiger partial charge in [0.05, 0.1) is 0 Å². The van der Waals surface area contributed by atoms with Crippen LogP contribution in [0.4, 0.5) is 23.7 Å². The van der Waals surface area contributed by atoms with Gasteiger partial charge in [0.2, 0.25) is 0 Å². The van der Waals surface area contributed by atoms with Crippen molar-refractivity contribution < 1.29 is 22.5 Å². The number of fused-ring (bicyclic) bond motifs is 3. The molecule has 6 nitrogen and oxygen atoms in total. The molecule has 5 saturated carbocycles. The van der Waals surface area contributed by atoms with E-state index >= 15 is 0 Å². The standard InChI is InChI=1S/C26H30BrF3N4O2/c27-18-2-1-3-19(12-18)34(22(35)31-15-17-13-24(14-17)4-5-24)16-23-6-9-25(10-7-23,11-8-23)20-32-21(36-33-20)26(28,29)30/h1-3,12,17H,4-11,13-16H2,(H,31,35). The van der Waals surface area contributed by atoms with E-state index in [-0.39, 0.29) is 17.3 Å².